The fraction of sp³-hybridized carbons (Fsp3) is 0.556. The summed E-state index contributed by atoms with van der Waals surface area (Å²) in [7, 11) is 1.70. The Hall–Kier alpha value is -0.650. The molecule has 0 aromatic carbocycles. The zero-order valence-corrected chi connectivity index (χ0v) is 9.09. The smallest absolute Gasteiger partial charge is 0.187 e. The first-order valence-corrected chi connectivity index (χ1v) is 5.49. The largest absolute Gasteiger partial charge is 0.385 e. The van der Waals surface area contributed by atoms with Crippen molar-refractivity contribution in [2.45, 2.75) is 18.1 Å². The van der Waals surface area contributed by atoms with E-state index in [-0.39, 0.29) is 0 Å². The molecule has 2 N–H and O–H groups in total. The third kappa shape index (κ3) is 4.04. The minimum atomic E-state index is 0.466. The summed E-state index contributed by atoms with van der Waals surface area (Å²) in [6, 6.07) is 1.83. The van der Waals surface area contributed by atoms with E-state index in [1.807, 2.05) is 6.07 Å². The van der Waals surface area contributed by atoms with Crippen molar-refractivity contribution in [1.29, 1.82) is 0 Å². The van der Waals surface area contributed by atoms with E-state index in [2.05, 4.69) is 9.97 Å². The highest BCUT2D eigenvalue weighted by molar-refractivity contribution is 7.99. The monoisotopic (exact) mass is 213 g/mol. The second-order valence-electron chi connectivity index (χ2n) is 2.73. The SMILES string of the molecule is COCCCSc1nccc(CN)n1. The molecule has 1 aromatic heterocycles. The van der Waals surface area contributed by atoms with Crippen LogP contribution in [-0.4, -0.2) is 29.4 Å². The van der Waals surface area contributed by atoms with Crippen molar-refractivity contribution in [2.24, 2.45) is 5.73 Å². The van der Waals surface area contributed by atoms with Crippen LogP contribution in [0.25, 0.3) is 0 Å². The minimum absolute atomic E-state index is 0.466. The maximum absolute atomic E-state index is 5.48. The second-order valence-corrected chi connectivity index (χ2v) is 3.79. The van der Waals surface area contributed by atoms with E-state index in [9.17, 15) is 0 Å². The molecular weight excluding hydrogens is 198 g/mol. The first-order valence-electron chi connectivity index (χ1n) is 4.50. The van der Waals surface area contributed by atoms with E-state index in [1.54, 1.807) is 25.1 Å². The van der Waals surface area contributed by atoms with Crippen LogP contribution < -0.4 is 5.73 Å². The van der Waals surface area contributed by atoms with Gasteiger partial charge in [0.05, 0.1) is 5.69 Å². The van der Waals surface area contributed by atoms with Crippen LogP contribution in [0.5, 0.6) is 0 Å². The molecule has 0 fully saturated rings. The van der Waals surface area contributed by atoms with Crippen molar-refractivity contribution >= 4 is 11.8 Å². The van der Waals surface area contributed by atoms with Crippen molar-refractivity contribution in [2.75, 3.05) is 19.5 Å². The average molecular weight is 213 g/mol. The van der Waals surface area contributed by atoms with E-state index in [0.29, 0.717) is 6.54 Å². The molecular formula is C9H15N3OS. The Kier molecular flexibility index (Phi) is 5.51. The molecule has 0 radical (unpaired) electrons. The second kappa shape index (κ2) is 6.75. The number of hydrogen-bond acceptors (Lipinski definition) is 5. The van der Waals surface area contributed by atoms with Gasteiger partial charge in [-0.25, -0.2) is 9.97 Å². The fourth-order valence-corrected chi connectivity index (χ4v) is 1.69. The van der Waals surface area contributed by atoms with E-state index < -0.39 is 0 Å². The number of nitrogens with two attached hydrogens (primary N) is 1. The Morgan fingerprint density at radius 2 is 2.43 bits per heavy atom. The highest BCUT2D eigenvalue weighted by Crippen LogP contribution is 2.13. The van der Waals surface area contributed by atoms with Crippen LogP contribution in [0.2, 0.25) is 0 Å². The lowest BCUT2D eigenvalue weighted by Gasteiger charge is -2.01. The zero-order chi connectivity index (χ0) is 10.2. The molecule has 0 spiro atoms. The Morgan fingerprint density at radius 3 is 3.14 bits per heavy atom. The first-order chi connectivity index (χ1) is 6.86. The van der Waals surface area contributed by atoms with Crippen molar-refractivity contribution in [3.8, 4) is 0 Å². The predicted molar refractivity (Wildman–Crippen MR) is 57.1 cm³/mol. The number of aromatic nitrogens is 2. The molecule has 5 heteroatoms. The van der Waals surface area contributed by atoms with Crippen molar-refractivity contribution < 1.29 is 4.74 Å². The highest BCUT2D eigenvalue weighted by atomic mass is 32.2. The molecule has 0 aliphatic rings. The summed E-state index contributed by atoms with van der Waals surface area (Å²) in [6.07, 6.45) is 2.76. The van der Waals surface area contributed by atoms with Crippen molar-refractivity contribution in [3.63, 3.8) is 0 Å². The van der Waals surface area contributed by atoms with E-state index in [4.69, 9.17) is 10.5 Å². The lowest BCUT2D eigenvalue weighted by Crippen LogP contribution is -2.01. The molecule has 1 heterocycles. The van der Waals surface area contributed by atoms with Gasteiger partial charge in [0.25, 0.3) is 0 Å². The van der Waals surface area contributed by atoms with Gasteiger partial charge in [-0.1, -0.05) is 11.8 Å². The number of rotatable bonds is 6. The molecule has 0 aliphatic carbocycles. The molecule has 0 saturated carbocycles. The summed E-state index contributed by atoms with van der Waals surface area (Å²) < 4.78 is 4.95. The van der Waals surface area contributed by atoms with Gasteiger partial charge >= 0.3 is 0 Å². The molecule has 0 amide bonds. The molecule has 0 saturated heterocycles. The van der Waals surface area contributed by atoms with Crippen LogP contribution in [0.1, 0.15) is 12.1 Å². The lowest BCUT2D eigenvalue weighted by molar-refractivity contribution is 0.200. The molecule has 0 aliphatic heterocycles. The van der Waals surface area contributed by atoms with Crippen LogP contribution >= 0.6 is 11.8 Å². The van der Waals surface area contributed by atoms with E-state index in [1.165, 1.54) is 0 Å². The van der Waals surface area contributed by atoms with Gasteiger partial charge in [-0.15, -0.1) is 0 Å². The first kappa shape index (κ1) is 11.4. The lowest BCUT2D eigenvalue weighted by atomic mass is 10.4. The quantitative estimate of drug-likeness (QED) is 0.435. The Labute approximate surface area is 88.3 Å². The zero-order valence-electron chi connectivity index (χ0n) is 8.27. The number of thioether (sulfide) groups is 1. The third-order valence-electron chi connectivity index (χ3n) is 1.62. The maximum Gasteiger partial charge on any atom is 0.187 e. The van der Waals surface area contributed by atoms with Crippen LogP contribution in [0.4, 0.5) is 0 Å². The summed E-state index contributed by atoms with van der Waals surface area (Å²) in [5.74, 6) is 0.974. The molecule has 1 aromatic rings. The van der Waals surface area contributed by atoms with Gasteiger partial charge in [0.15, 0.2) is 5.16 Å². The number of hydrogen-bond donors (Lipinski definition) is 1. The van der Waals surface area contributed by atoms with Gasteiger partial charge in [0.1, 0.15) is 0 Å². The Morgan fingerprint density at radius 1 is 1.57 bits per heavy atom. The normalized spacial score (nSPS) is 10.4. The van der Waals surface area contributed by atoms with Crippen LogP contribution in [-0.2, 0) is 11.3 Å². The summed E-state index contributed by atoms with van der Waals surface area (Å²) in [5.41, 5.74) is 6.36. The Balaban J connectivity index is 2.34. The van der Waals surface area contributed by atoms with E-state index >= 15 is 0 Å². The topological polar surface area (TPSA) is 61.0 Å². The number of methoxy groups -OCH3 is 1. The van der Waals surface area contributed by atoms with E-state index in [0.717, 1.165) is 29.6 Å². The predicted octanol–water partition coefficient (Wildman–Crippen LogP) is 1.06. The molecule has 1 rings (SSSR count). The molecule has 0 unspecified atom stereocenters. The minimum Gasteiger partial charge on any atom is -0.385 e. The van der Waals surface area contributed by atoms with Gasteiger partial charge in [-0.2, -0.15) is 0 Å². The molecule has 14 heavy (non-hydrogen) atoms. The van der Waals surface area contributed by atoms with Gasteiger partial charge in [0, 0.05) is 32.2 Å². The summed E-state index contributed by atoms with van der Waals surface area (Å²) in [5, 5.41) is 0.795. The molecule has 0 atom stereocenters. The molecule has 0 bridgehead atoms. The van der Waals surface area contributed by atoms with Gasteiger partial charge in [0.2, 0.25) is 0 Å². The molecule has 4 nitrogen and oxygen atoms in total. The standard InChI is InChI=1S/C9H15N3OS/c1-13-5-2-6-14-9-11-4-3-8(7-10)12-9/h3-4H,2,5-7,10H2,1H3. The number of ether oxygens (including phenoxy) is 1. The van der Waals surface area contributed by atoms with Crippen molar-refractivity contribution in [1.82, 2.24) is 9.97 Å². The third-order valence-corrected chi connectivity index (χ3v) is 2.57. The number of nitrogens with zero attached hydrogens (tertiary/aromatic N) is 2. The van der Waals surface area contributed by atoms with Gasteiger partial charge in [-0.05, 0) is 12.5 Å². The maximum atomic E-state index is 5.48. The van der Waals surface area contributed by atoms with Crippen LogP contribution in [0, 0.1) is 0 Å². The van der Waals surface area contributed by atoms with Crippen LogP contribution in [0.15, 0.2) is 17.4 Å². The summed E-state index contributed by atoms with van der Waals surface area (Å²) in [4.78, 5) is 8.42. The average Bonchev–Trinajstić information content (AvgIpc) is 2.25. The fourth-order valence-electron chi connectivity index (χ4n) is 0.926. The molecule has 78 valence electrons. The van der Waals surface area contributed by atoms with Gasteiger partial charge < -0.3 is 10.5 Å². The summed E-state index contributed by atoms with van der Waals surface area (Å²) >= 11 is 1.63. The Bertz CT molecular complexity index is 270. The van der Waals surface area contributed by atoms with Crippen LogP contribution in [0.3, 0.4) is 0 Å². The van der Waals surface area contributed by atoms with Crippen molar-refractivity contribution in [3.05, 3.63) is 18.0 Å². The highest BCUT2D eigenvalue weighted by Gasteiger charge is 1.98. The van der Waals surface area contributed by atoms with Gasteiger partial charge in [-0.3, -0.25) is 0 Å². The summed E-state index contributed by atoms with van der Waals surface area (Å²) in [6.45, 7) is 1.25.